The molecule has 3 aromatic rings. The number of halogens is 1. The van der Waals surface area contributed by atoms with Crippen LogP contribution in [0.1, 0.15) is 6.42 Å². The van der Waals surface area contributed by atoms with Crippen molar-refractivity contribution < 1.29 is 4.79 Å². The maximum Gasteiger partial charge on any atom is 0.226 e. The van der Waals surface area contributed by atoms with Gasteiger partial charge in [0.25, 0.3) is 0 Å². The zero-order valence-electron chi connectivity index (χ0n) is 11.4. The van der Waals surface area contributed by atoms with E-state index in [-0.39, 0.29) is 5.91 Å². The molecular weight excluding hydrogens is 350 g/mol. The van der Waals surface area contributed by atoms with Crippen molar-refractivity contribution in [2.24, 2.45) is 0 Å². The lowest BCUT2D eigenvalue weighted by Gasteiger charge is -2.07. The molecular formula is C13H12BrN7O. The maximum atomic E-state index is 11.8. The van der Waals surface area contributed by atoms with E-state index in [4.69, 9.17) is 0 Å². The molecule has 0 unspecified atom stereocenters. The van der Waals surface area contributed by atoms with E-state index < -0.39 is 0 Å². The molecule has 22 heavy (non-hydrogen) atoms. The molecule has 0 radical (unpaired) electrons. The summed E-state index contributed by atoms with van der Waals surface area (Å²) in [5.41, 5.74) is 1.33. The lowest BCUT2D eigenvalue weighted by molar-refractivity contribution is -0.115. The number of rotatable bonds is 5. The van der Waals surface area contributed by atoms with Gasteiger partial charge in [0.05, 0.1) is 0 Å². The molecule has 0 aliphatic heterocycles. The standard InChI is InChI=1S/C13H12BrN7O/c14-9-1-3-10(4-2-9)16-13(22)7-8-15-11-5-6-12-17-19-20-21(12)18-11/h1-6H,7-8H2,(H,15,18)(H,16,22). The third kappa shape index (κ3) is 3.55. The summed E-state index contributed by atoms with van der Waals surface area (Å²) in [6, 6.07) is 10.9. The number of anilines is 2. The van der Waals surface area contributed by atoms with E-state index in [0.717, 1.165) is 10.2 Å². The van der Waals surface area contributed by atoms with Gasteiger partial charge in [0, 0.05) is 23.1 Å². The van der Waals surface area contributed by atoms with Crippen LogP contribution in [0.5, 0.6) is 0 Å². The van der Waals surface area contributed by atoms with Crippen LogP contribution in [-0.4, -0.2) is 37.7 Å². The summed E-state index contributed by atoms with van der Waals surface area (Å²) in [6.45, 7) is 0.461. The van der Waals surface area contributed by atoms with Crippen molar-refractivity contribution in [2.45, 2.75) is 6.42 Å². The van der Waals surface area contributed by atoms with Crippen LogP contribution >= 0.6 is 15.9 Å². The van der Waals surface area contributed by atoms with Crippen molar-refractivity contribution in [3.8, 4) is 0 Å². The fourth-order valence-corrected chi connectivity index (χ4v) is 2.07. The molecule has 0 fully saturated rings. The minimum Gasteiger partial charge on any atom is -0.368 e. The molecule has 0 saturated heterocycles. The molecule has 0 aliphatic carbocycles. The topological polar surface area (TPSA) is 97.1 Å². The smallest absolute Gasteiger partial charge is 0.226 e. The Labute approximate surface area is 134 Å². The van der Waals surface area contributed by atoms with Gasteiger partial charge in [-0.15, -0.1) is 14.8 Å². The number of carbonyl (C=O) groups is 1. The summed E-state index contributed by atoms with van der Waals surface area (Å²) in [5, 5.41) is 21.0. The number of carbonyl (C=O) groups excluding carboxylic acids is 1. The predicted molar refractivity (Wildman–Crippen MR) is 84.5 cm³/mol. The molecule has 2 aromatic heterocycles. The van der Waals surface area contributed by atoms with E-state index >= 15 is 0 Å². The van der Waals surface area contributed by atoms with E-state index in [1.807, 2.05) is 24.3 Å². The Balaban J connectivity index is 1.49. The number of hydrogen-bond acceptors (Lipinski definition) is 6. The van der Waals surface area contributed by atoms with Gasteiger partial charge in [0.1, 0.15) is 5.82 Å². The first-order valence-corrected chi connectivity index (χ1v) is 7.35. The average molecular weight is 362 g/mol. The quantitative estimate of drug-likeness (QED) is 0.718. The number of hydrogen-bond donors (Lipinski definition) is 2. The summed E-state index contributed by atoms with van der Waals surface area (Å²) in [7, 11) is 0. The summed E-state index contributed by atoms with van der Waals surface area (Å²) in [6.07, 6.45) is 0.325. The Morgan fingerprint density at radius 2 is 2.00 bits per heavy atom. The van der Waals surface area contributed by atoms with Gasteiger partial charge in [-0.05, 0) is 46.8 Å². The number of aromatic nitrogens is 5. The highest BCUT2D eigenvalue weighted by Crippen LogP contribution is 2.14. The zero-order chi connectivity index (χ0) is 15.4. The molecule has 2 N–H and O–H groups in total. The highest BCUT2D eigenvalue weighted by molar-refractivity contribution is 9.10. The molecule has 0 saturated carbocycles. The molecule has 112 valence electrons. The summed E-state index contributed by atoms with van der Waals surface area (Å²) in [4.78, 5) is 11.8. The van der Waals surface area contributed by atoms with Crippen LogP contribution in [0.4, 0.5) is 11.5 Å². The van der Waals surface area contributed by atoms with E-state index in [2.05, 4.69) is 47.2 Å². The number of nitrogens with one attached hydrogen (secondary N) is 2. The Morgan fingerprint density at radius 1 is 1.18 bits per heavy atom. The summed E-state index contributed by atoms with van der Waals surface area (Å²) < 4.78 is 2.29. The highest BCUT2D eigenvalue weighted by Gasteiger charge is 2.04. The number of amides is 1. The van der Waals surface area contributed by atoms with Gasteiger partial charge in [-0.3, -0.25) is 4.79 Å². The minimum atomic E-state index is -0.0710. The van der Waals surface area contributed by atoms with Crippen molar-refractivity contribution in [1.82, 2.24) is 25.3 Å². The largest absolute Gasteiger partial charge is 0.368 e. The van der Waals surface area contributed by atoms with E-state index in [1.165, 1.54) is 4.63 Å². The van der Waals surface area contributed by atoms with Gasteiger partial charge in [-0.1, -0.05) is 15.9 Å². The van der Waals surface area contributed by atoms with Crippen molar-refractivity contribution in [3.63, 3.8) is 0 Å². The maximum absolute atomic E-state index is 11.8. The van der Waals surface area contributed by atoms with Gasteiger partial charge in [0.2, 0.25) is 5.91 Å². The van der Waals surface area contributed by atoms with Crippen LogP contribution in [0.15, 0.2) is 40.9 Å². The van der Waals surface area contributed by atoms with Gasteiger partial charge < -0.3 is 10.6 Å². The van der Waals surface area contributed by atoms with Gasteiger partial charge in [-0.2, -0.15) is 0 Å². The fourth-order valence-electron chi connectivity index (χ4n) is 1.80. The molecule has 0 spiro atoms. The van der Waals surface area contributed by atoms with Gasteiger partial charge >= 0.3 is 0 Å². The normalized spacial score (nSPS) is 10.6. The van der Waals surface area contributed by atoms with E-state index in [9.17, 15) is 4.79 Å². The molecule has 8 nitrogen and oxygen atoms in total. The monoisotopic (exact) mass is 361 g/mol. The second kappa shape index (κ2) is 6.48. The molecule has 9 heteroatoms. The molecule has 0 atom stereocenters. The van der Waals surface area contributed by atoms with Crippen molar-refractivity contribution >= 4 is 39.0 Å². The summed E-state index contributed by atoms with van der Waals surface area (Å²) >= 11 is 3.35. The molecule has 3 rings (SSSR count). The lowest BCUT2D eigenvalue weighted by atomic mass is 10.3. The minimum absolute atomic E-state index is 0.0710. The number of nitrogens with zero attached hydrogens (tertiary/aromatic N) is 5. The highest BCUT2D eigenvalue weighted by atomic mass is 79.9. The van der Waals surface area contributed by atoms with Crippen LogP contribution in [0.3, 0.4) is 0 Å². The number of fused-ring (bicyclic) bond motifs is 1. The van der Waals surface area contributed by atoms with Crippen LogP contribution in [0, 0.1) is 0 Å². The van der Waals surface area contributed by atoms with Crippen LogP contribution in [0.2, 0.25) is 0 Å². The Morgan fingerprint density at radius 3 is 2.82 bits per heavy atom. The van der Waals surface area contributed by atoms with E-state index in [1.54, 1.807) is 12.1 Å². The third-order valence-corrected chi connectivity index (χ3v) is 3.38. The SMILES string of the molecule is O=C(CCNc1ccc2nnnn2n1)Nc1ccc(Br)cc1. The lowest BCUT2D eigenvalue weighted by Crippen LogP contribution is -2.16. The summed E-state index contributed by atoms with van der Waals surface area (Å²) in [5.74, 6) is 0.537. The Kier molecular flexibility index (Phi) is 4.24. The second-order valence-corrected chi connectivity index (χ2v) is 5.39. The van der Waals surface area contributed by atoms with Gasteiger partial charge in [0.15, 0.2) is 5.65 Å². The van der Waals surface area contributed by atoms with Gasteiger partial charge in [-0.25, -0.2) is 0 Å². The average Bonchev–Trinajstić information content (AvgIpc) is 2.97. The number of tetrazole rings is 1. The van der Waals surface area contributed by atoms with Crippen LogP contribution < -0.4 is 10.6 Å². The third-order valence-electron chi connectivity index (χ3n) is 2.86. The van der Waals surface area contributed by atoms with Crippen LogP contribution in [0.25, 0.3) is 5.65 Å². The predicted octanol–water partition coefficient (Wildman–Crippen LogP) is 1.72. The molecule has 1 amide bonds. The first-order valence-electron chi connectivity index (χ1n) is 6.55. The molecule has 0 bridgehead atoms. The first kappa shape index (κ1) is 14.4. The first-order chi connectivity index (χ1) is 10.7. The molecule has 1 aromatic carbocycles. The number of benzene rings is 1. The molecule has 2 heterocycles. The Hall–Kier alpha value is -2.55. The second-order valence-electron chi connectivity index (χ2n) is 4.48. The van der Waals surface area contributed by atoms with E-state index in [0.29, 0.717) is 24.4 Å². The van der Waals surface area contributed by atoms with Crippen LogP contribution in [-0.2, 0) is 4.79 Å². The fraction of sp³-hybridized carbons (Fsp3) is 0.154. The Bertz CT molecular complexity index is 786. The van der Waals surface area contributed by atoms with Crippen molar-refractivity contribution in [3.05, 3.63) is 40.9 Å². The molecule has 0 aliphatic rings. The zero-order valence-corrected chi connectivity index (χ0v) is 13.0. The van der Waals surface area contributed by atoms with Crippen molar-refractivity contribution in [2.75, 3.05) is 17.2 Å². The van der Waals surface area contributed by atoms with Crippen molar-refractivity contribution in [1.29, 1.82) is 0 Å².